The van der Waals surface area contributed by atoms with Gasteiger partial charge in [-0.05, 0) is 48.9 Å². The van der Waals surface area contributed by atoms with Gasteiger partial charge < -0.3 is 24.8 Å². The number of ether oxygens (including phenoxy) is 2. The third kappa shape index (κ3) is 5.97. The summed E-state index contributed by atoms with van der Waals surface area (Å²) in [6, 6.07) is 14.6. The molecular formula is C20H26N2O4. The third-order valence-electron chi connectivity index (χ3n) is 3.79. The van der Waals surface area contributed by atoms with Gasteiger partial charge in [-0.2, -0.15) is 0 Å². The van der Waals surface area contributed by atoms with E-state index in [0.29, 0.717) is 12.4 Å². The van der Waals surface area contributed by atoms with Crippen LogP contribution in [0.3, 0.4) is 0 Å². The van der Waals surface area contributed by atoms with Gasteiger partial charge in [-0.1, -0.05) is 12.1 Å². The van der Waals surface area contributed by atoms with E-state index < -0.39 is 6.10 Å². The highest BCUT2D eigenvalue weighted by atomic mass is 16.5. The molecule has 0 aliphatic rings. The molecule has 140 valence electrons. The lowest BCUT2D eigenvalue weighted by Crippen LogP contribution is -2.32. The number of amides is 1. The van der Waals surface area contributed by atoms with Gasteiger partial charge >= 0.3 is 0 Å². The Bertz CT molecular complexity index is 684. The lowest BCUT2D eigenvalue weighted by atomic mass is 10.1. The number of nitrogens with zero attached hydrogens (tertiary/aromatic N) is 1. The topological polar surface area (TPSA) is 71.0 Å². The SMILES string of the molecule is CCOc1ccc(OCC(=O)NCC(O)c2ccc(N(C)C)cc2)cc1. The number of benzene rings is 2. The van der Waals surface area contributed by atoms with E-state index in [0.717, 1.165) is 17.0 Å². The van der Waals surface area contributed by atoms with E-state index in [9.17, 15) is 9.90 Å². The van der Waals surface area contributed by atoms with Crippen molar-refractivity contribution in [3.8, 4) is 11.5 Å². The summed E-state index contributed by atoms with van der Waals surface area (Å²) in [5, 5.41) is 12.9. The first-order valence-corrected chi connectivity index (χ1v) is 8.57. The summed E-state index contributed by atoms with van der Waals surface area (Å²) in [6.07, 6.45) is -0.763. The minimum atomic E-state index is -0.763. The number of aliphatic hydroxyl groups is 1. The number of anilines is 1. The van der Waals surface area contributed by atoms with Gasteiger partial charge in [-0.15, -0.1) is 0 Å². The lowest BCUT2D eigenvalue weighted by Gasteiger charge is -2.16. The van der Waals surface area contributed by atoms with Gasteiger partial charge in [0.15, 0.2) is 6.61 Å². The Morgan fingerprint density at radius 1 is 1.04 bits per heavy atom. The van der Waals surface area contributed by atoms with Gasteiger partial charge in [0.1, 0.15) is 11.5 Å². The number of carbonyl (C=O) groups is 1. The normalized spacial score (nSPS) is 11.5. The molecule has 0 aliphatic heterocycles. The highest BCUT2D eigenvalue weighted by Crippen LogP contribution is 2.18. The standard InChI is InChI=1S/C20H26N2O4/c1-4-25-17-9-11-18(12-10-17)26-14-20(24)21-13-19(23)15-5-7-16(8-6-15)22(2)3/h5-12,19,23H,4,13-14H2,1-3H3,(H,21,24). The number of hydrogen-bond acceptors (Lipinski definition) is 5. The van der Waals surface area contributed by atoms with Gasteiger partial charge in [0, 0.05) is 26.3 Å². The van der Waals surface area contributed by atoms with E-state index in [-0.39, 0.29) is 19.1 Å². The molecule has 1 amide bonds. The number of carbonyl (C=O) groups excluding carboxylic acids is 1. The number of nitrogens with one attached hydrogen (secondary N) is 1. The van der Waals surface area contributed by atoms with Crippen LogP contribution in [0.1, 0.15) is 18.6 Å². The van der Waals surface area contributed by atoms with E-state index >= 15 is 0 Å². The molecule has 2 rings (SSSR count). The summed E-state index contributed by atoms with van der Waals surface area (Å²) >= 11 is 0. The maximum absolute atomic E-state index is 11.9. The fourth-order valence-corrected chi connectivity index (χ4v) is 2.32. The number of aliphatic hydroxyl groups excluding tert-OH is 1. The van der Waals surface area contributed by atoms with Gasteiger partial charge in [0.05, 0.1) is 12.7 Å². The Morgan fingerprint density at radius 2 is 1.62 bits per heavy atom. The molecule has 0 spiro atoms. The van der Waals surface area contributed by atoms with Gasteiger partial charge in [0.25, 0.3) is 5.91 Å². The van der Waals surface area contributed by atoms with Crippen molar-refractivity contribution in [3.63, 3.8) is 0 Å². The van der Waals surface area contributed by atoms with E-state index in [2.05, 4.69) is 5.32 Å². The number of hydrogen-bond donors (Lipinski definition) is 2. The second kappa shape index (κ2) is 9.68. The quantitative estimate of drug-likeness (QED) is 0.720. The molecule has 6 nitrogen and oxygen atoms in total. The smallest absolute Gasteiger partial charge is 0.258 e. The first-order chi connectivity index (χ1) is 12.5. The Hall–Kier alpha value is -2.73. The average Bonchev–Trinajstić information content (AvgIpc) is 2.66. The molecule has 2 aromatic carbocycles. The molecule has 0 radical (unpaired) electrons. The van der Waals surface area contributed by atoms with Gasteiger partial charge in [-0.3, -0.25) is 4.79 Å². The van der Waals surface area contributed by atoms with Crippen LogP contribution in [0.25, 0.3) is 0 Å². The zero-order valence-electron chi connectivity index (χ0n) is 15.4. The molecule has 2 aromatic rings. The molecule has 0 saturated heterocycles. The predicted molar refractivity (Wildman–Crippen MR) is 102 cm³/mol. The van der Waals surface area contributed by atoms with Crippen LogP contribution in [-0.2, 0) is 4.79 Å². The van der Waals surface area contributed by atoms with Crippen molar-refractivity contribution in [2.75, 3.05) is 38.8 Å². The Labute approximate surface area is 154 Å². The maximum atomic E-state index is 11.9. The monoisotopic (exact) mass is 358 g/mol. The van der Waals surface area contributed by atoms with Gasteiger partial charge in [0.2, 0.25) is 0 Å². The Balaban J connectivity index is 1.75. The van der Waals surface area contributed by atoms with Crippen LogP contribution in [0.2, 0.25) is 0 Å². The van der Waals surface area contributed by atoms with Crippen LogP contribution in [-0.4, -0.2) is 44.9 Å². The summed E-state index contributed by atoms with van der Waals surface area (Å²) in [5.41, 5.74) is 1.80. The zero-order chi connectivity index (χ0) is 18.9. The van der Waals surface area contributed by atoms with Crippen molar-refractivity contribution >= 4 is 11.6 Å². The van der Waals surface area contributed by atoms with Crippen molar-refractivity contribution in [1.29, 1.82) is 0 Å². The molecule has 6 heteroatoms. The fourth-order valence-electron chi connectivity index (χ4n) is 2.32. The van der Waals surface area contributed by atoms with Crippen molar-refractivity contribution in [2.24, 2.45) is 0 Å². The van der Waals surface area contributed by atoms with Crippen LogP contribution in [0.5, 0.6) is 11.5 Å². The van der Waals surface area contributed by atoms with E-state index in [1.165, 1.54) is 0 Å². The summed E-state index contributed by atoms with van der Waals surface area (Å²) in [5.74, 6) is 1.05. The summed E-state index contributed by atoms with van der Waals surface area (Å²) in [6.45, 7) is 2.54. The van der Waals surface area contributed by atoms with E-state index in [4.69, 9.17) is 9.47 Å². The molecule has 2 N–H and O–H groups in total. The van der Waals surface area contributed by atoms with Crippen LogP contribution in [0.15, 0.2) is 48.5 Å². The minimum Gasteiger partial charge on any atom is -0.494 e. The second-order valence-electron chi connectivity index (χ2n) is 6.00. The Morgan fingerprint density at radius 3 is 2.15 bits per heavy atom. The van der Waals surface area contributed by atoms with Crippen LogP contribution < -0.4 is 19.7 Å². The van der Waals surface area contributed by atoms with Crippen molar-refractivity contribution < 1.29 is 19.4 Å². The van der Waals surface area contributed by atoms with Crippen LogP contribution in [0, 0.1) is 0 Å². The summed E-state index contributed by atoms with van der Waals surface area (Å²) in [4.78, 5) is 13.9. The summed E-state index contributed by atoms with van der Waals surface area (Å²) < 4.78 is 10.8. The van der Waals surface area contributed by atoms with E-state index in [1.807, 2.05) is 50.2 Å². The predicted octanol–water partition coefficient (Wildman–Crippen LogP) is 2.38. The first-order valence-electron chi connectivity index (χ1n) is 8.57. The third-order valence-corrected chi connectivity index (χ3v) is 3.79. The van der Waals surface area contributed by atoms with Crippen molar-refractivity contribution in [2.45, 2.75) is 13.0 Å². The van der Waals surface area contributed by atoms with Crippen molar-refractivity contribution in [1.82, 2.24) is 5.32 Å². The Kier molecular flexibility index (Phi) is 7.29. The molecule has 0 fully saturated rings. The lowest BCUT2D eigenvalue weighted by molar-refractivity contribution is -0.123. The fraction of sp³-hybridized carbons (Fsp3) is 0.350. The van der Waals surface area contributed by atoms with E-state index in [1.54, 1.807) is 24.3 Å². The first kappa shape index (κ1) is 19.6. The zero-order valence-corrected chi connectivity index (χ0v) is 15.4. The molecule has 26 heavy (non-hydrogen) atoms. The van der Waals surface area contributed by atoms with Crippen LogP contribution >= 0.6 is 0 Å². The number of rotatable bonds is 9. The maximum Gasteiger partial charge on any atom is 0.258 e. The molecular weight excluding hydrogens is 332 g/mol. The van der Waals surface area contributed by atoms with Gasteiger partial charge in [-0.25, -0.2) is 0 Å². The largest absolute Gasteiger partial charge is 0.494 e. The van der Waals surface area contributed by atoms with Crippen molar-refractivity contribution in [3.05, 3.63) is 54.1 Å². The molecule has 0 saturated carbocycles. The molecule has 0 bridgehead atoms. The molecule has 0 aliphatic carbocycles. The molecule has 1 unspecified atom stereocenters. The highest BCUT2D eigenvalue weighted by Gasteiger charge is 2.10. The highest BCUT2D eigenvalue weighted by molar-refractivity contribution is 5.77. The molecule has 0 aromatic heterocycles. The van der Waals surface area contributed by atoms with Crippen LogP contribution in [0.4, 0.5) is 5.69 Å². The average molecular weight is 358 g/mol. The second-order valence-corrected chi connectivity index (χ2v) is 6.00. The molecule has 0 heterocycles. The minimum absolute atomic E-state index is 0.111. The summed E-state index contributed by atoms with van der Waals surface area (Å²) in [7, 11) is 3.91. The molecule has 1 atom stereocenters.